The van der Waals surface area contributed by atoms with Crippen LogP contribution in [0.4, 0.5) is 0 Å². The van der Waals surface area contributed by atoms with Crippen LogP contribution >= 0.6 is 25.3 Å². The normalized spacial score (nSPS) is 16.8. The highest BCUT2D eigenvalue weighted by Crippen LogP contribution is 2.13. The number of nitrogens with two attached hydrogens (primary N) is 1. The smallest absolute Gasteiger partial charge is 0.00275 e. The van der Waals surface area contributed by atoms with Crippen LogP contribution in [0.2, 0.25) is 0 Å². The van der Waals surface area contributed by atoms with E-state index in [0.29, 0.717) is 11.2 Å². The van der Waals surface area contributed by atoms with Gasteiger partial charge in [-0.3, -0.25) is 0 Å². The van der Waals surface area contributed by atoms with Gasteiger partial charge in [0.15, 0.2) is 0 Å². The van der Waals surface area contributed by atoms with Crippen molar-refractivity contribution in [1.29, 1.82) is 0 Å². The van der Waals surface area contributed by atoms with E-state index in [9.17, 15) is 0 Å². The summed E-state index contributed by atoms with van der Waals surface area (Å²) in [4.78, 5) is 0. The Morgan fingerprint density at radius 3 is 2.50 bits per heavy atom. The predicted octanol–water partition coefficient (Wildman–Crippen LogP) is 1.59. The lowest BCUT2D eigenvalue weighted by Gasteiger charge is -2.13. The molecule has 62 valence electrons. The summed E-state index contributed by atoms with van der Waals surface area (Å²) >= 11 is 8.53. The highest BCUT2D eigenvalue weighted by Gasteiger charge is 2.06. The molecule has 0 spiro atoms. The van der Waals surface area contributed by atoms with Crippen LogP contribution in [-0.2, 0) is 0 Å². The summed E-state index contributed by atoms with van der Waals surface area (Å²) in [6, 6.07) is 0. The van der Waals surface area contributed by atoms with Gasteiger partial charge in [0, 0.05) is 5.25 Å². The average Bonchev–Trinajstić information content (AvgIpc) is 1.88. The van der Waals surface area contributed by atoms with Gasteiger partial charge in [-0.2, -0.15) is 25.3 Å². The average molecular weight is 179 g/mol. The molecule has 0 rings (SSSR count). The minimum absolute atomic E-state index is 0.482. The SMILES string of the molecule is CC(CN)CC(S)CCS. The van der Waals surface area contributed by atoms with Crippen LogP contribution in [0.3, 0.4) is 0 Å². The Hall–Kier alpha value is 0.660. The molecule has 0 radical (unpaired) electrons. The summed E-state index contributed by atoms with van der Waals surface area (Å²) in [7, 11) is 0. The van der Waals surface area contributed by atoms with Crippen molar-refractivity contribution in [3.8, 4) is 0 Å². The van der Waals surface area contributed by atoms with E-state index in [1.807, 2.05) is 0 Å². The van der Waals surface area contributed by atoms with Crippen molar-refractivity contribution in [2.24, 2.45) is 11.7 Å². The number of hydrogen-bond acceptors (Lipinski definition) is 3. The molecule has 2 N–H and O–H groups in total. The van der Waals surface area contributed by atoms with E-state index >= 15 is 0 Å². The second-order valence-electron chi connectivity index (χ2n) is 2.74. The second kappa shape index (κ2) is 6.38. The molecule has 0 aromatic carbocycles. The first-order valence-corrected chi connectivity index (χ1v) is 4.84. The zero-order valence-corrected chi connectivity index (χ0v) is 8.24. The molecule has 0 amide bonds. The van der Waals surface area contributed by atoms with E-state index < -0.39 is 0 Å². The third kappa shape index (κ3) is 5.45. The van der Waals surface area contributed by atoms with Crippen molar-refractivity contribution in [3.05, 3.63) is 0 Å². The van der Waals surface area contributed by atoms with Crippen molar-refractivity contribution >= 4 is 25.3 Å². The number of thiol groups is 2. The Balaban J connectivity index is 3.27. The lowest BCUT2D eigenvalue weighted by molar-refractivity contribution is 0.528. The fraction of sp³-hybridized carbons (Fsp3) is 1.00. The lowest BCUT2D eigenvalue weighted by Crippen LogP contribution is -2.15. The van der Waals surface area contributed by atoms with Crippen LogP contribution in [0, 0.1) is 5.92 Å². The molecule has 0 bridgehead atoms. The summed E-state index contributed by atoms with van der Waals surface area (Å²) in [5.74, 6) is 1.52. The van der Waals surface area contributed by atoms with Gasteiger partial charge in [0.1, 0.15) is 0 Å². The van der Waals surface area contributed by atoms with Crippen LogP contribution in [0.1, 0.15) is 19.8 Å². The maximum Gasteiger partial charge on any atom is 0.00275 e. The molecule has 0 aliphatic carbocycles. The van der Waals surface area contributed by atoms with Gasteiger partial charge in [-0.25, -0.2) is 0 Å². The van der Waals surface area contributed by atoms with Crippen LogP contribution in [0.15, 0.2) is 0 Å². The molecule has 2 atom stereocenters. The molecule has 1 nitrogen and oxygen atoms in total. The van der Waals surface area contributed by atoms with Gasteiger partial charge in [-0.1, -0.05) is 6.92 Å². The minimum Gasteiger partial charge on any atom is -0.330 e. The molecule has 2 unspecified atom stereocenters. The molecule has 0 aromatic heterocycles. The van der Waals surface area contributed by atoms with Gasteiger partial charge in [0.05, 0.1) is 0 Å². The van der Waals surface area contributed by atoms with Crippen molar-refractivity contribution in [2.45, 2.75) is 25.0 Å². The molecule has 10 heavy (non-hydrogen) atoms. The maximum absolute atomic E-state index is 5.46. The summed E-state index contributed by atoms with van der Waals surface area (Å²) in [6.45, 7) is 2.92. The quantitative estimate of drug-likeness (QED) is 0.549. The fourth-order valence-corrected chi connectivity index (χ4v) is 1.83. The molecule has 0 aliphatic heterocycles. The molecule has 0 saturated heterocycles. The van der Waals surface area contributed by atoms with Crippen LogP contribution in [0.25, 0.3) is 0 Å². The van der Waals surface area contributed by atoms with E-state index in [1.54, 1.807) is 0 Å². The van der Waals surface area contributed by atoms with Gasteiger partial charge in [0.25, 0.3) is 0 Å². The summed E-state index contributed by atoms with van der Waals surface area (Å²) in [5, 5.41) is 0.482. The van der Waals surface area contributed by atoms with Gasteiger partial charge in [-0.15, -0.1) is 0 Å². The molecule has 0 aliphatic rings. The van der Waals surface area contributed by atoms with E-state index in [-0.39, 0.29) is 0 Å². The second-order valence-corrected chi connectivity index (χ2v) is 3.92. The predicted molar refractivity (Wildman–Crippen MR) is 54.1 cm³/mol. The summed E-state index contributed by atoms with van der Waals surface area (Å²) < 4.78 is 0. The van der Waals surface area contributed by atoms with Crippen molar-refractivity contribution in [1.82, 2.24) is 0 Å². The zero-order valence-electron chi connectivity index (χ0n) is 6.45. The largest absolute Gasteiger partial charge is 0.330 e. The molecule has 3 heteroatoms. The highest BCUT2D eigenvalue weighted by atomic mass is 32.1. The Bertz CT molecular complexity index is 78.0. The lowest BCUT2D eigenvalue weighted by atomic mass is 10.0. The summed E-state index contributed by atoms with van der Waals surface area (Å²) in [6.07, 6.45) is 2.19. The van der Waals surface area contributed by atoms with Gasteiger partial charge in [-0.05, 0) is 31.1 Å². The highest BCUT2D eigenvalue weighted by molar-refractivity contribution is 7.81. The number of hydrogen-bond donors (Lipinski definition) is 3. The molecular formula is C7H17NS2. The third-order valence-electron chi connectivity index (χ3n) is 1.54. The van der Waals surface area contributed by atoms with Gasteiger partial charge in [0.2, 0.25) is 0 Å². The van der Waals surface area contributed by atoms with Crippen molar-refractivity contribution < 1.29 is 0 Å². The minimum atomic E-state index is 0.482. The van der Waals surface area contributed by atoms with Crippen LogP contribution < -0.4 is 5.73 Å². The summed E-state index contributed by atoms with van der Waals surface area (Å²) in [5.41, 5.74) is 5.46. The van der Waals surface area contributed by atoms with E-state index in [1.165, 1.54) is 0 Å². The van der Waals surface area contributed by atoms with Crippen LogP contribution in [-0.4, -0.2) is 17.5 Å². The molecule has 0 heterocycles. The Labute approximate surface area is 74.6 Å². The fourth-order valence-electron chi connectivity index (χ4n) is 0.828. The first kappa shape index (κ1) is 10.7. The Morgan fingerprint density at radius 1 is 1.50 bits per heavy atom. The maximum atomic E-state index is 5.46. The number of rotatable bonds is 5. The van der Waals surface area contributed by atoms with E-state index in [2.05, 4.69) is 32.2 Å². The molecule has 0 fully saturated rings. The van der Waals surface area contributed by atoms with Crippen LogP contribution in [0.5, 0.6) is 0 Å². The standard InChI is InChI=1S/C7H17NS2/c1-6(5-8)4-7(10)2-3-9/h6-7,9-10H,2-5,8H2,1H3. The molecular weight excluding hydrogens is 162 g/mol. The molecule has 0 aromatic rings. The Kier molecular flexibility index (Phi) is 6.80. The Morgan fingerprint density at radius 2 is 2.10 bits per heavy atom. The first-order chi connectivity index (χ1) is 4.70. The van der Waals surface area contributed by atoms with E-state index in [0.717, 1.165) is 25.1 Å². The third-order valence-corrected chi connectivity index (χ3v) is 2.27. The van der Waals surface area contributed by atoms with Crippen molar-refractivity contribution in [2.75, 3.05) is 12.3 Å². The van der Waals surface area contributed by atoms with Gasteiger partial charge >= 0.3 is 0 Å². The monoisotopic (exact) mass is 179 g/mol. The van der Waals surface area contributed by atoms with E-state index in [4.69, 9.17) is 5.73 Å². The molecule has 0 saturated carbocycles. The topological polar surface area (TPSA) is 26.0 Å². The van der Waals surface area contributed by atoms with Gasteiger partial charge < -0.3 is 5.73 Å². The zero-order chi connectivity index (χ0) is 7.98. The van der Waals surface area contributed by atoms with Crippen molar-refractivity contribution in [3.63, 3.8) is 0 Å². The first-order valence-electron chi connectivity index (χ1n) is 3.69.